The van der Waals surface area contributed by atoms with Crippen molar-refractivity contribution in [1.29, 1.82) is 0 Å². The van der Waals surface area contributed by atoms with Crippen molar-refractivity contribution in [3.63, 3.8) is 0 Å². The maximum Gasteiger partial charge on any atom is 0.0190 e. The lowest BCUT2D eigenvalue weighted by molar-refractivity contribution is 0.537. The first-order valence-corrected chi connectivity index (χ1v) is 3.52. The summed E-state index contributed by atoms with van der Waals surface area (Å²) < 4.78 is 0. The SMILES string of the molecule is CCN1C=CCCC=C1. The molecule has 0 bridgehead atoms. The second-order valence-corrected chi connectivity index (χ2v) is 2.18. The van der Waals surface area contributed by atoms with Crippen LogP contribution in [-0.2, 0) is 0 Å². The molecule has 9 heavy (non-hydrogen) atoms. The van der Waals surface area contributed by atoms with Crippen LogP contribution in [0.15, 0.2) is 24.6 Å². The number of hydrogen-bond donors (Lipinski definition) is 0. The first-order valence-electron chi connectivity index (χ1n) is 3.52. The minimum atomic E-state index is 1.08. The first kappa shape index (κ1) is 6.40. The summed E-state index contributed by atoms with van der Waals surface area (Å²) in [4.78, 5) is 2.19. The molecule has 1 aliphatic rings. The molecule has 0 amide bonds. The van der Waals surface area contributed by atoms with Gasteiger partial charge >= 0.3 is 0 Å². The summed E-state index contributed by atoms with van der Waals surface area (Å²) in [6.07, 6.45) is 11.1. The van der Waals surface area contributed by atoms with Crippen LogP contribution in [0.3, 0.4) is 0 Å². The molecule has 1 aliphatic heterocycles. The minimum Gasteiger partial charge on any atom is -0.355 e. The quantitative estimate of drug-likeness (QED) is 0.516. The highest BCUT2D eigenvalue weighted by Crippen LogP contribution is 2.02. The molecule has 0 aromatic rings. The fourth-order valence-electron chi connectivity index (χ4n) is 0.873. The molecule has 0 saturated heterocycles. The minimum absolute atomic E-state index is 1.08. The molecule has 0 radical (unpaired) electrons. The van der Waals surface area contributed by atoms with E-state index in [0.717, 1.165) is 6.54 Å². The van der Waals surface area contributed by atoms with Crippen LogP contribution in [0.2, 0.25) is 0 Å². The Morgan fingerprint density at radius 1 is 1.22 bits per heavy atom. The average Bonchev–Trinajstić information content (AvgIpc) is 2.13. The highest BCUT2D eigenvalue weighted by Gasteiger charge is 1.90. The molecule has 1 rings (SSSR count). The van der Waals surface area contributed by atoms with E-state index < -0.39 is 0 Å². The first-order chi connectivity index (χ1) is 4.43. The van der Waals surface area contributed by atoms with Gasteiger partial charge in [-0.2, -0.15) is 0 Å². The van der Waals surface area contributed by atoms with E-state index in [-0.39, 0.29) is 0 Å². The van der Waals surface area contributed by atoms with E-state index in [0.29, 0.717) is 0 Å². The summed E-state index contributed by atoms with van der Waals surface area (Å²) in [5.74, 6) is 0. The van der Waals surface area contributed by atoms with Crippen LogP contribution in [0.5, 0.6) is 0 Å². The molecule has 0 fully saturated rings. The molecule has 0 aliphatic carbocycles. The van der Waals surface area contributed by atoms with Gasteiger partial charge in [0.25, 0.3) is 0 Å². The fraction of sp³-hybridized carbons (Fsp3) is 0.500. The van der Waals surface area contributed by atoms with Gasteiger partial charge in [0.05, 0.1) is 0 Å². The van der Waals surface area contributed by atoms with E-state index in [1.54, 1.807) is 0 Å². The Morgan fingerprint density at radius 3 is 2.22 bits per heavy atom. The van der Waals surface area contributed by atoms with Gasteiger partial charge < -0.3 is 4.90 Å². The summed E-state index contributed by atoms with van der Waals surface area (Å²) >= 11 is 0. The van der Waals surface area contributed by atoms with Crippen LogP contribution in [0.1, 0.15) is 19.8 Å². The van der Waals surface area contributed by atoms with Gasteiger partial charge in [-0.25, -0.2) is 0 Å². The third kappa shape index (κ3) is 1.92. The van der Waals surface area contributed by atoms with E-state index in [4.69, 9.17) is 0 Å². The zero-order valence-electron chi connectivity index (χ0n) is 5.88. The van der Waals surface area contributed by atoms with Crippen molar-refractivity contribution in [3.05, 3.63) is 24.6 Å². The second-order valence-electron chi connectivity index (χ2n) is 2.18. The zero-order chi connectivity index (χ0) is 6.53. The van der Waals surface area contributed by atoms with Crippen molar-refractivity contribution >= 4 is 0 Å². The monoisotopic (exact) mass is 123 g/mol. The molecule has 0 spiro atoms. The third-order valence-electron chi connectivity index (χ3n) is 1.46. The Morgan fingerprint density at radius 2 is 1.78 bits per heavy atom. The Kier molecular flexibility index (Phi) is 2.37. The molecule has 50 valence electrons. The van der Waals surface area contributed by atoms with Crippen molar-refractivity contribution in [2.45, 2.75) is 19.8 Å². The highest BCUT2D eigenvalue weighted by molar-refractivity contribution is 4.96. The number of hydrogen-bond acceptors (Lipinski definition) is 1. The summed E-state index contributed by atoms with van der Waals surface area (Å²) in [6.45, 7) is 3.23. The van der Waals surface area contributed by atoms with E-state index >= 15 is 0 Å². The Balaban J connectivity index is 2.48. The summed E-state index contributed by atoms with van der Waals surface area (Å²) in [5, 5.41) is 0. The standard InChI is InChI=1S/C8H13N/c1-2-9-7-5-3-4-6-8-9/h5-8H,2-4H2,1H3. The van der Waals surface area contributed by atoms with Gasteiger partial charge in [-0.05, 0) is 32.2 Å². The highest BCUT2D eigenvalue weighted by atomic mass is 15.1. The van der Waals surface area contributed by atoms with Crippen molar-refractivity contribution in [1.82, 2.24) is 4.90 Å². The molecule has 0 aromatic heterocycles. The molecule has 0 aromatic carbocycles. The average molecular weight is 123 g/mol. The van der Waals surface area contributed by atoms with Crippen LogP contribution in [-0.4, -0.2) is 11.4 Å². The summed E-state index contributed by atoms with van der Waals surface area (Å²) in [7, 11) is 0. The zero-order valence-corrected chi connectivity index (χ0v) is 5.88. The molecule has 1 heterocycles. The molecular formula is C8H13N. The number of nitrogens with zero attached hydrogens (tertiary/aromatic N) is 1. The van der Waals surface area contributed by atoms with Gasteiger partial charge in [0.15, 0.2) is 0 Å². The maximum absolute atomic E-state index is 2.21. The van der Waals surface area contributed by atoms with Crippen molar-refractivity contribution in [2.75, 3.05) is 6.54 Å². The van der Waals surface area contributed by atoms with Gasteiger partial charge in [-0.15, -0.1) is 0 Å². The summed E-state index contributed by atoms with van der Waals surface area (Å²) in [5.41, 5.74) is 0. The lowest BCUT2D eigenvalue weighted by atomic mass is 10.3. The fourth-order valence-corrected chi connectivity index (χ4v) is 0.873. The second kappa shape index (κ2) is 3.33. The van der Waals surface area contributed by atoms with Gasteiger partial charge in [0.1, 0.15) is 0 Å². The van der Waals surface area contributed by atoms with Crippen LogP contribution in [0.4, 0.5) is 0 Å². The lowest BCUT2D eigenvalue weighted by Gasteiger charge is -2.09. The molecule has 0 N–H and O–H groups in total. The topological polar surface area (TPSA) is 3.24 Å². The molecule has 1 heteroatoms. The predicted molar refractivity (Wildman–Crippen MR) is 39.9 cm³/mol. The normalized spacial score (nSPS) is 18.1. The van der Waals surface area contributed by atoms with Crippen LogP contribution in [0, 0.1) is 0 Å². The van der Waals surface area contributed by atoms with Crippen LogP contribution < -0.4 is 0 Å². The smallest absolute Gasteiger partial charge is 0.0190 e. The third-order valence-corrected chi connectivity index (χ3v) is 1.46. The van der Waals surface area contributed by atoms with E-state index in [1.165, 1.54) is 12.8 Å². The predicted octanol–water partition coefficient (Wildman–Crippen LogP) is 2.13. The van der Waals surface area contributed by atoms with Crippen LogP contribution in [0.25, 0.3) is 0 Å². The maximum atomic E-state index is 2.21. The van der Waals surface area contributed by atoms with E-state index in [2.05, 4.69) is 36.4 Å². The van der Waals surface area contributed by atoms with E-state index in [9.17, 15) is 0 Å². The molecular weight excluding hydrogens is 110 g/mol. The Bertz CT molecular complexity index is 111. The Hall–Kier alpha value is -0.720. The molecule has 0 unspecified atom stereocenters. The van der Waals surface area contributed by atoms with Gasteiger partial charge in [0.2, 0.25) is 0 Å². The molecule has 1 nitrogen and oxygen atoms in total. The van der Waals surface area contributed by atoms with Crippen molar-refractivity contribution in [2.24, 2.45) is 0 Å². The number of allylic oxidation sites excluding steroid dienone is 2. The number of rotatable bonds is 1. The van der Waals surface area contributed by atoms with Crippen LogP contribution >= 0.6 is 0 Å². The largest absolute Gasteiger partial charge is 0.355 e. The molecule has 0 atom stereocenters. The van der Waals surface area contributed by atoms with Gasteiger partial charge in [-0.1, -0.05) is 12.2 Å². The molecule has 0 saturated carbocycles. The van der Waals surface area contributed by atoms with Gasteiger partial charge in [-0.3, -0.25) is 0 Å². The van der Waals surface area contributed by atoms with Crippen molar-refractivity contribution in [3.8, 4) is 0 Å². The van der Waals surface area contributed by atoms with Gasteiger partial charge in [0, 0.05) is 6.54 Å². The Labute approximate surface area is 56.7 Å². The van der Waals surface area contributed by atoms with E-state index in [1.807, 2.05) is 0 Å². The lowest BCUT2D eigenvalue weighted by Crippen LogP contribution is -2.06. The van der Waals surface area contributed by atoms with Crippen molar-refractivity contribution < 1.29 is 0 Å². The summed E-state index contributed by atoms with van der Waals surface area (Å²) in [6, 6.07) is 0.